The van der Waals surface area contributed by atoms with Crippen LogP contribution in [0.2, 0.25) is 0 Å². The maximum absolute atomic E-state index is 13.1. The first-order valence-electron chi connectivity index (χ1n) is 9.54. The molecule has 0 unspecified atom stereocenters. The SMILES string of the molecule is Cc1cc(-c2ccc(OC(F)(F)F)cc2)cc(C)c1C1C(=O)c2c(c3ccc2o3)C1=O. The molecule has 0 saturated carbocycles. The molecule has 2 aromatic carbocycles. The first-order chi connectivity index (χ1) is 14.6. The number of hydrogen-bond acceptors (Lipinski definition) is 4. The van der Waals surface area contributed by atoms with Crippen LogP contribution in [0.25, 0.3) is 22.3 Å². The van der Waals surface area contributed by atoms with E-state index in [4.69, 9.17) is 4.42 Å². The van der Waals surface area contributed by atoms with Crippen molar-refractivity contribution in [2.45, 2.75) is 26.1 Å². The second-order valence-electron chi connectivity index (χ2n) is 7.67. The quantitative estimate of drug-likeness (QED) is 0.367. The summed E-state index contributed by atoms with van der Waals surface area (Å²) in [5, 5.41) is 0. The Morgan fingerprint density at radius 2 is 1.32 bits per heavy atom. The van der Waals surface area contributed by atoms with E-state index in [1.807, 2.05) is 26.0 Å². The number of ketones is 2. The highest BCUT2D eigenvalue weighted by molar-refractivity contribution is 6.35. The van der Waals surface area contributed by atoms with E-state index in [0.29, 0.717) is 33.4 Å². The first kappa shape index (κ1) is 19.4. The molecule has 4 aromatic rings. The Hall–Kier alpha value is -3.61. The third-order valence-electron chi connectivity index (χ3n) is 5.67. The van der Waals surface area contributed by atoms with Gasteiger partial charge in [0.25, 0.3) is 0 Å². The zero-order valence-corrected chi connectivity index (χ0v) is 16.5. The zero-order valence-electron chi connectivity index (χ0n) is 16.5. The zero-order chi connectivity index (χ0) is 22.1. The smallest absolute Gasteiger partial charge is 0.456 e. The molecule has 0 amide bonds. The minimum Gasteiger partial charge on any atom is -0.456 e. The summed E-state index contributed by atoms with van der Waals surface area (Å²) in [6.45, 7) is 3.64. The van der Waals surface area contributed by atoms with Crippen LogP contribution < -0.4 is 4.74 Å². The minimum atomic E-state index is -4.75. The normalized spacial score (nSPS) is 14.6. The van der Waals surface area contributed by atoms with E-state index < -0.39 is 12.3 Å². The molecule has 156 valence electrons. The Morgan fingerprint density at radius 3 is 1.81 bits per heavy atom. The number of furan rings is 2. The standard InChI is InChI=1S/C24H15F3O4/c1-11-9-14(13-3-5-15(6-4-13)31-24(25,26)27)10-12(2)18(11)21-22(28)19-16-7-8-17(30-16)20(19)23(21)29/h3-10,21H,1-2H3. The largest absolute Gasteiger partial charge is 0.573 e. The lowest BCUT2D eigenvalue weighted by Crippen LogP contribution is -2.17. The van der Waals surface area contributed by atoms with E-state index in [1.54, 1.807) is 12.1 Å². The van der Waals surface area contributed by atoms with Gasteiger partial charge < -0.3 is 9.15 Å². The van der Waals surface area contributed by atoms with Crippen LogP contribution in [0.4, 0.5) is 13.2 Å². The maximum Gasteiger partial charge on any atom is 0.573 e. The van der Waals surface area contributed by atoms with Gasteiger partial charge in [0.05, 0.1) is 11.1 Å². The highest BCUT2D eigenvalue weighted by Gasteiger charge is 2.45. The van der Waals surface area contributed by atoms with Gasteiger partial charge in [0, 0.05) is 0 Å². The molecule has 31 heavy (non-hydrogen) atoms. The summed E-state index contributed by atoms with van der Waals surface area (Å²) in [5.74, 6) is -1.73. The van der Waals surface area contributed by atoms with Crippen molar-refractivity contribution in [3.05, 3.63) is 76.3 Å². The number of Topliss-reactive ketones (excluding diaryl/α,β-unsaturated/α-hetero) is 2. The topological polar surface area (TPSA) is 56.5 Å². The fourth-order valence-electron chi connectivity index (χ4n) is 4.46. The Labute approximate surface area is 174 Å². The summed E-state index contributed by atoms with van der Waals surface area (Å²) >= 11 is 0. The lowest BCUT2D eigenvalue weighted by atomic mass is 9.85. The molecule has 1 aliphatic rings. The average molecular weight is 424 g/mol. The molecule has 0 spiro atoms. The third-order valence-corrected chi connectivity index (χ3v) is 5.67. The van der Waals surface area contributed by atoms with E-state index in [-0.39, 0.29) is 17.3 Å². The number of fused-ring (bicyclic) bond motifs is 5. The van der Waals surface area contributed by atoms with Crippen LogP contribution in [0.15, 0.2) is 52.9 Å². The van der Waals surface area contributed by atoms with Crippen LogP contribution in [0.3, 0.4) is 0 Å². The van der Waals surface area contributed by atoms with Crippen molar-refractivity contribution in [1.82, 2.24) is 0 Å². The van der Waals surface area contributed by atoms with Gasteiger partial charge in [-0.15, -0.1) is 13.2 Å². The van der Waals surface area contributed by atoms with Crippen molar-refractivity contribution in [2.75, 3.05) is 0 Å². The molecule has 1 aliphatic carbocycles. The van der Waals surface area contributed by atoms with Gasteiger partial charge in [-0.2, -0.15) is 0 Å². The second-order valence-corrected chi connectivity index (χ2v) is 7.67. The average Bonchev–Trinajstić information content (AvgIpc) is 3.36. The summed E-state index contributed by atoms with van der Waals surface area (Å²) in [7, 11) is 0. The van der Waals surface area contributed by atoms with Gasteiger partial charge in [0.2, 0.25) is 0 Å². The van der Waals surface area contributed by atoms with Gasteiger partial charge in [-0.25, -0.2) is 0 Å². The molecule has 0 fully saturated rings. The molecular weight excluding hydrogens is 409 g/mol. The van der Waals surface area contributed by atoms with Crippen LogP contribution in [0, 0.1) is 13.8 Å². The number of halogens is 3. The number of benzene rings is 3. The van der Waals surface area contributed by atoms with Crippen molar-refractivity contribution < 1.29 is 31.9 Å². The van der Waals surface area contributed by atoms with E-state index in [0.717, 1.165) is 16.7 Å². The van der Waals surface area contributed by atoms with Crippen LogP contribution in [-0.2, 0) is 0 Å². The summed E-state index contributed by atoms with van der Waals surface area (Å²) in [6.07, 6.45) is -4.75. The number of rotatable bonds is 3. The molecule has 4 nitrogen and oxygen atoms in total. The molecule has 2 aromatic heterocycles. The van der Waals surface area contributed by atoms with Crippen molar-refractivity contribution >= 4 is 22.7 Å². The summed E-state index contributed by atoms with van der Waals surface area (Å²) in [4.78, 5) is 26.1. The van der Waals surface area contributed by atoms with Gasteiger partial charge in [-0.05, 0) is 65.9 Å². The van der Waals surface area contributed by atoms with Crippen LogP contribution >= 0.6 is 0 Å². The van der Waals surface area contributed by atoms with E-state index in [1.165, 1.54) is 24.3 Å². The van der Waals surface area contributed by atoms with Gasteiger partial charge in [0.1, 0.15) is 22.8 Å². The Morgan fingerprint density at radius 1 is 0.806 bits per heavy atom. The second kappa shape index (κ2) is 6.44. The highest BCUT2D eigenvalue weighted by Crippen LogP contribution is 2.44. The number of alkyl halides is 3. The molecule has 0 atom stereocenters. The lowest BCUT2D eigenvalue weighted by Gasteiger charge is -2.17. The van der Waals surface area contributed by atoms with E-state index >= 15 is 0 Å². The van der Waals surface area contributed by atoms with Gasteiger partial charge in [-0.3, -0.25) is 9.59 Å². The Bertz CT molecular complexity index is 1280. The Balaban J connectivity index is 1.50. The molecule has 0 aliphatic heterocycles. The fraction of sp³-hybridized carbons (Fsp3) is 0.167. The minimum absolute atomic E-state index is 0.262. The predicted molar refractivity (Wildman–Crippen MR) is 107 cm³/mol. The fourth-order valence-corrected chi connectivity index (χ4v) is 4.46. The summed E-state index contributed by atoms with van der Waals surface area (Å²) in [6, 6.07) is 12.6. The first-order valence-corrected chi connectivity index (χ1v) is 9.54. The number of hydrogen-bond donors (Lipinski definition) is 0. The summed E-state index contributed by atoms with van der Waals surface area (Å²) < 4.78 is 46.5. The van der Waals surface area contributed by atoms with Crippen LogP contribution in [-0.4, -0.2) is 17.9 Å². The summed E-state index contributed by atoms with van der Waals surface area (Å²) in [5.41, 5.74) is 5.21. The van der Waals surface area contributed by atoms with Crippen LogP contribution in [0.5, 0.6) is 5.75 Å². The number of carbonyl (C=O) groups is 2. The number of carbonyl (C=O) groups excluding carboxylic acids is 2. The van der Waals surface area contributed by atoms with Gasteiger partial charge in [0.15, 0.2) is 11.6 Å². The molecule has 5 rings (SSSR count). The lowest BCUT2D eigenvalue weighted by molar-refractivity contribution is -0.274. The Kier molecular flexibility index (Phi) is 4.02. The molecule has 2 heterocycles. The van der Waals surface area contributed by atoms with Crippen molar-refractivity contribution in [1.29, 1.82) is 0 Å². The highest BCUT2D eigenvalue weighted by atomic mass is 19.4. The monoisotopic (exact) mass is 424 g/mol. The molecular formula is C24H15F3O4. The predicted octanol–water partition coefficient (Wildman–Crippen LogP) is 6.22. The molecule has 0 saturated heterocycles. The van der Waals surface area contributed by atoms with Gasteiger partial charge >= 0.3 is 6.36 Å². The molecule has 2 bridgehead atoms. The van der Waals surface area contributed by atoms with Crippen LogP contribution in [0.1, 0.15) is 43.3 Å². The van der Waals surface area contributed by atoms with Crippen molar-refractivity contribution in [3.8, 4) is 16.9 Å². The van der Waals surface area contributed by atoms with Gasteiger partial charge in [-0.1, -0.05) is 24.3 Å². The van der Waals surface area contributed by atoms with Crippen molar-refractivity contribution in [2.24, 2.45) is 0 Å². The van der Waals surface area contributed by atoms with E-state index in [2.05, 4.69) is 4.74 Å². The van der Waals surface area contributed by atoms with Crippen molar-refractivity contribution in [3.63, 3.8) is 0 Å². The number of ether oxygens (including phenoxy) is 1. The maximum atomic E-state index is 13.1. The molecule has 0 N–H and O–H groups in total. The van der Waals surface area contributed by atoms with E-state index in [9.17, 15) is 22.8 Å². The molecule has 0 radical (unpaired) electrons. The molecule has 7 heteroatoms. The number of aryl methyl sites for hydroxylation is 2. The third kappa shape index (κ3) is 3.00.